The van der Waals surface area contributed by atoms with E-state index in [1.54, 1.807) is 18.2 Å². The summed E-state index contributed by atoms with van der Waals surface area (Å²) in [6.07, 6.45) is 3.64. The number of fused-ring (bicyclic) bond motifs is 1. The van der Waals surface area contributed by atoms with E-state index in [9.17, 15) is 9.90 Å². The van der Waals surface area contributed by atoms with Crippen LogP contribution in [-0.4, -0.2) is 29.3 Å². The van der Waals surface area contributed by atoms with Crippen molar-refractivity contribution in [2.45, 2.75) is 13.0 Å². The molecule has 1 unspecified atom stereocenters. The third-order valence-corrected chi connectivity index (χ3v) is 5.54. The van der Waals surface area contributed by atoms with Crippen molar-refractivity contribution in [2.24, 2.45) is 0 Å². The van der Waals surface area contributed by atoms with E-state index in [2.05, 4.69) is 4.98 Å². The summed E-state index contributed by atoms with van der Waals surface area (Å²) in [6, 6.07) is 24.2. The van der Waals surface area contributed by atoms with E-state index < -0.39 is 5.97 Å². The lowest BCUT2D eigenvalue weighted by atomic mass is 10.1. The monoisotopic (exact) mass is 473 g/mol. The van der Waals surface area contributed by atoms with E-state index >= 15 is 0 Å². The Morgan fingerprint density at radius 1 is 1.03 bits per heavy atom. The lowest BCUT2D eigenvalue weighted by Crippen LogP contribution is -2.15. The number of pyridine rings is 1. The van der Waals surface area contributed by atoms with Gasteiger partial charge in [0.15, 0.2) is 0 Å². The minimum Gasteiger partial charge on any atom is -0.490 e. The molecule has 0 saturated carbocycles. The number of carboxylic acids is 1. The van der Waals surface area contributed by atoms with E-state index in [-0.39, 0.29) is 18.3 Å². The first kappa shape index (κ1) is 23.5. The normalized spacial score (nSPS) is 12.2. The van der Waals surface area contributed by atoms with Gasteiger partial charge in [-0.2, -0.15) is 0 Å². The van der Waals surface area contributed by atoms with Crippen LogP contribution < -0.4 is 4.74 Å². The molecule has 6 heteroatoms. The number of hydrogen-bond acceptors (Lipinski definition) is 4. The van der Waals surface area contributed by atoms with Crippen LogP contribution in [0.25, 0.3) is 23.1 Å². The summed E-state index contributed by atoms with van der Waals surface area (Å²) in [5, 5.41) is 11.1. The maximum absolute atomic E-state index is 11.4. The van der Waals surface area contributed by atoms with E-state index in [0.29, 0.717) is 17.4 Å². The van der Waals surface area contributed by atoms with Gasteiger partial charge >= 0.3 is 5.97 Å². The smallest absolute Gasteiger partial charge is 0.339 e. The first-order chi connectivity index (χ1) is 16.5. The number of aromatic carboxylic acids is 1. The van der Waals surface area contributed by atoms with E-state index in [0.717, 1.165) is 27.7 Å². The van der Waals surface area contributed by atoms with Gasteiger partial charge in [0.25, 0.3) is 0 Å². The van der Waals surface area contributed by atoms with Gasteiger partial charge in [0.1, 0.15) is 24.0 Å². The highest BCUT2D eigenvalue weighted by Gasteiger charge is 2.16. The molecule has 1 aromatic heterocycles. The molecule has 0 aliphatic carbocycles. The van der Waals surface area contributed by atoms with Crippen molar-refractivity contribution in [2.75, 3.05) is 13.2 Å². The molecule has 0 saturated heterocycles. The summed E-state index contributed by atoms with van der Waals surface area (Å²) in [4.78, 5) is 16.1. The Bertz CT molecular complexity index is 1320. The standard InChI is InChI=1S/C28H24ClNO4/c1-2-33-27(18-34-26-6-4-3-5-24(26)28(31)32)21-10-7-19(8-11-21)9-15-23-16-13-20-12-14-22(29)17-25(20)30-23/h3-17,27H,2,18H2,1H3,(H,31,32)/b15-9+. The van der Waals surface area contributed by atoms with Gasteiger partial charge in [-0.1, -0.05) is 66.2 Å². The molecule has 5 nitrogen and oxygen atoms in total. The van der Waals surface area contributed by atoms with Gasteiger partial charge in [0, 0.05) is 17.0 Å². The molecule has 0 fully saturated rings. The fourth-order valence-electron chi connectivity index (χ4n) is 3.58. The van der Waals surface area contributed by atoms with E-state index in [1.165, 1.54) is 6.07 Å². The summed E-state index contributed by atoms with van der Waals surface area (Å²) in [5.41, 5.74) is 3.79. The Labute approximate surface area is 203 Å². The van der Waals surface area contributed by atoms with Gasteiger partial charge in [0.05, 0.1) is 11.2 Å². The Morgan fingerprint density at radius 3 is 2.56 bits per heavy atom. The summed E-state index contributed by atoms with van der Waals surface area (Å²) in [5.74, 6) is -0.702. The number of halogens is 1. The Balaban J connectivity index is 1.46. The topological polar surface area (TPSA) is 68.7 Å². The van der Waals surface area contributed by atoms with Crippen molar-refractivity contribution in [3.8, 4) is 5.75 Å². The van der Waals surface area contributed by atoms with Gasteiger partial charge in [0.2, 0.25) is 0 Å². The van der Waals surface area contributed by atoms with Gasteiger partial charge in [-0.25, -0.2) is 9.78 Å². The molecule has 1 N–H and O–H groups in total. The maximum atomic E-state index is 11.4. The quantitative estimate of drug-likeness (QED) is 0.286. The number of aromatic nitrogens is 1. The van der Waals surface area contributed by atoms with Crippen LogP contribution in [0.5, 0.6) is 5.75 Å². The molecule has 0 amide bonds. The molecule has 0 aliphatic heterocycles. The van der Waals surface area contributed by atoms with Crippen LogP contribution in [0.1, 0.15) is 40.2 Å². The number of para-hydroxylation sites is 1. The van der Waals surface area contributed by atoms with Gasteiger partial charge in [-0.05, 0) is 54.5 Å². The zero-order valence-electron chi connectivity index (χ0n) is 18.6. The second kappa shape index (κ2) is 11.0. The van der Waals surface area contributed by atoms with Crippen LogP contribution in [-0.2, 0) is 4.74 Å². The Kier molecular flexibility index (Phi) is 7.58. The Hall–Kier alpha value is -3.67. The van der Waals surface area contributed by atoms with Crippen molar-refractivity contribution in [3.05, 3.63) is 106 Å². The number of benzene rings is 3. The fourth-order valence-corrected chi connectivity index (χ4v) is 3.75. The third kappa shape index (κ3) is 5.81. The van der Waals surface area contributed by atoms with Crippen molar-refractivity contribution in [1.29, 1.82) is 0 Å². The zero-order chi connectivity index (χ0) is 23.9. The lowest BCUT2D eigenvalue weighted by Gasteiger charge is -2.19. The molecule has 1 atom stereocenters. The second-order valence-electron chi connectivity index (χ2n) is 7.63. The number of carboxylic acid groups (broad SMARTS) is 1. The van der Waals surface area contributed by atoms with Crippen LogP contribution in [0.3, 0.4) is 0 Å². The molecule has 0 radical (unpaired) electrons. The van der Waals surface area contributed by atoms with Gasteiger partial charge in [-0.15, -0.1) is 0 Å². The first-order valence-corrected chi connectivity index (χ1v) is 11.3. The van der Waals surface area contributed by atoms with Crippen molar-refractivity contribution in [3.63, 3.8) is 0 Å². The fraction of sp³-hybridized carbons (Fsp3) is 0.143. The number of hydrogen-bond donors (Lipinski definition) is 1. The van der Waals surface area contributed by atoms with Crippen molar-refractivity contribution < 1.29 is 19.4 Å². The highest BCUT2D eigenvalue weighted by Crippen LogP contribution is 2.24. The molecule has 0 bridgehead atoms. The molecule has 4 rings (SSSR count). The molecule has 34 heavy (non-hydrogen) atoms. The minimum absolute atomic E-state index is 0.128. The summed E-state index contributed by atoms with van der Waals surface area (Å²) < 4.78 is 11.7. The number of carbonyl (C=O) groups is 1. The molecule has 0 aliphatic rings. The van der Waals surface area contributed by atoms with Crippen molar-refractivity contribution in [1.82, 2.24) is 4.98 Å². The molecular weight excluding hydrogens is 450 g/mol. The number of rotatable bonds is 9. The van der Waals surface area contributed by atoms with Crippen LogP contribution in [0.15, 0.2) is 78.9 Å². The molecular formula is C28H24ClNO4. The number of nitrogens with zero attached hydrogens (tertiary/aromatic N) is 1. The summed E-state index contributed by atoms with van der Waals surface area (Å²) in [7, 11) is 0. The second-order valence-corrected chi connectivity index (χ2v) is 8.07. The van der Waals surface area contributed by atoms with Crippen LogP contribution in [0.2, 0.25) is 5.02 Å². The average Bonchev–Trinajstić information content (AvgIpc) is 2.85. The highest BCUT2D eigenvalue weighted by molar-refractivity contribution is 6.31. The molecule has 172 valence electrons. The molecule has 3 aromatic carbocycles. The molecule has 4 aromatic rings. The zero-order valence-corrected chi connectivity index (χ0v) is 19.4. The van der Waals surface area contributed by atoms with Crippen molar-refractivity contribution >= 4 is 40.6 Å². The Morgan fingerprint density at radius 2 is 1.79 bits per heavy atom. The van der Waals surface area contributed by atoms with Gasteiger partial charge < -0.3 is 14.6 Å². The largest absolute Gasteiger partial charge is 0.490 e. The van der Waals surface area contributed by atoms with Gasteiger partial charge in [-0.3, -0.25) is 0 Å². The van der Waals surface area contributed by atoms with Crippen LogP contribution in [0, 0.1) is 0 Å². The van der Waals surface area contributed by atoms with E-state index in [4.69, 9.17) is 21.1 Å². The molecule has 1 heterocycles. The summed E-state index contributed by atoms with van der Waals surface area (Å²) >= 11 is 6.08. The highest BCUT2D eigenvalue weighted by atomic mass is 35.5. The van der Waals surface area contributed by atoms with E-state index in [1.807, 2.05) is 73.7 Å². The van der Waals surface area contributed by atoms with Crippen LogP contribution in [0.4, 0.5) is 0 Å². The van der Waals surface area contributed by atoms with Crippen LogP contribution >= 0.6 is 11.6 Å². The minimum atomic E-state index is -1.02. The molecule has 0 spiro atoms. The number of ether oxygens (including phenoxy) is 2. The predicted octanol–water partition coefficient (Wildman–Crippen LogP) is 6.91. The SMILES string of the molecule is CCOC(COc1ccccc1C(=O)O)c1ccc(/C=C/c2ccc3ccc(Cl)cc3n2)cc1. The lowest BCUT2D eigenvalue weighted by molar-refractivity contribution is 0.0260. The third-order valence-electron chi connectivity index (χ3n) is 5.31. The first-order valence-electron chi connectivity index (χ1n) is 10.9. The predicted molar refractivity (Wildman–Crippen MR) is 135 cm³/mol. The average molecular weight is 474 g/mol. The summed E-state index contributed by atoms with van der Waals surface area (Å²) in [6.45, 7) is 2.63. The maximum Gasteiger partial charge on any atom is 0.339 e.